The van der Waals surface area contributed by atoms with Crippen LogP contribution in [0.5, 0.6) is 5.75 Å². The van der Waals surface area contributed by atoms with E-state index in [1.165, 1.54) is 18.2 Å². The largest absolute Gasteiger partial charge is 0.487 e. The number of ether oxygens (including phenoxy) is 1. The lowest BCUT2D eigenvalue weighted by atomic mass is 10.2. The van der Waals surface area contributed by atoms with E-state index in [2.05, 4.69) is 0 Å². The van der Waals surface area contributed by atoms with Gasteiger partial charge in [-0.1, -0.05) is 6.42 Å². The summed E-state index contributed by atoms with van der Waals surface area (Å²) in [6.07, 6.45) is 3.92. The molecule has 0 aromatic heterocycles. The number of nitrogens with zero attached hydrogens (tertiary/aromatic N) is 1. The van der Waals surface area contributed by atoms with E-state index in [0.717, 1.165) is 25.7 Å². The van der Waals surface area contributed by atoms with Crippen LogP contribution in [0.25, 0.3) is 0 Å². The van der Waals surface area contributed by atoms with Crippen LogP contribution in [0.4, 0.5) is 5.69 Å². The van der Waals surface area contributed by atoms with Gasteiger partial charge in [-0.25, -0.2) is 0 Å². The van der Waals surface area contributed by atoms with Crippen LogP contribution < -0.4 is 4.74 Å². The lowest BCUT2D eigenvalue weighted by molar-refractivity contribution is -0.385. The predicted octanol–water partition coefficient (Wildman–Crippen LogP) is 2.34. The molecule has 0 amide bonds. The molecule has 0 fully saturated rings. The van der Waals surface area contributed by atoms with Crippen molar-refractivity contribution in [2.45, 2.75) is 25.7 Å². The Morgan fingerprint density at radius 2 is 2.00 bits per heavy atom. The molecule has 0 aliphatic rings. The van der Waals surface area contributed by atoms with Crippen molar-refractivity contribution in [2.24, 2.45) is 0 Å². The maximum atomic E-state index is 10.8. The first kappa shape index (κ1) is 15.1. The zero-order chi connectivity index (χ0) is 14.1. The van der Waals surface area contributed by atoms with Gasteiger partial charge in [0.15, 0.2) is 5.75 Å². The van der Waals surface area contributed by atoms with E-state index in [-0.39, 0.29) is 18.0 Å². The molecule has 1 N–H and O–H groups in total. The minimum absolute atomic E-state index is 0.122. The van der Waals surface area contributed by atoms with Gasteiger partial charge < -0.3 is 9.84 Å². The van der Waals surface area contributed by atoms with Crippen LogP contribution in [0, 0.1) is 10.1 Å². The van der Waals surface area contributed by atoms with E-state index < -0.39 is 4.92 Å². The average molecular weight is 267 g/mol. The molecule has 6 nitrogen and oxygen atoms in total. The number of aliphatic hydroxyl groups excluding tert-OH is 1. The Balaban J connectivity index is 2.55. The number of rotatable bonds is 9. The summed E-state index contributed by atoms with van der Waals surface area (Å²) >= 11 is 0. The first-order valence-electron chi connectivity index (χ1n) is 6.16. The minimum Gasteiger partial charge on any atom is -0.487 e. The molecule has 0 radical (unpaired) electrons. The molecule has 0 atom stereocenters. The van der Waals surface area contributed by atoms with Crippen molar-refractivity contribution in [3.63, 3.8) is 0 Å². The number of unbranched alkanes of at least 4 members (excludes halogenated alkanes) is 3. The lowest BCUT2D eigenvalue weighted by Gasteiger charge is -2.07. The highest BCUT2D eigenvalue weighted by molar-refractivity contribution is 5.76. The summed E-state index contributed by atoms with van der Waals surface area (Å²) < 4.78 is 5.36. The first-order chi connectivity index (χ1) is 9.19. The third-order valence-electron chi connectivity index (χ3n) is 2.63. The van der Waals surface area contributed by atoms with Crippen LogP contribution in [0.15, 0.2) is 18.2 Å². The third kappa shape index (κ3) is 5.05. The molecular weight excluding hydrogens is 250 g/mol. The highest BCUT2D eigenvalue weighted by Crippen LogP contribution is 2.27. The zero-order valence-corrected chi connectivity index (χ0v) is 10.6. The van der Waals surface area contributed by atoms with Crippen LogP contribution in [-0.2, 0) is 0 Å². The number of aldehydes is 1. The van der Waals surface area contributed by atoms with Gasteiger partial charge in [0.25, 0.3) is 0 Å². The van der Waals surface area contributed by atoms with Crippen LogP contribution >= 0.6 is 0 Å². The lowest BCUT2D eigenvalue weighted by Crippen LogP contribution is -2.01. The van der Waals surface area contributed by atoms with Gasteiger partial charge in [-0.3, -0.25) is 14.9 Å². The van der Waals surface area contributed by atoms with Gasteiger partial charge in [0.05, 0.1) is 11.5 Å². The van der Waals surface area contributed by atoms with Crippen molar-refractivity contribution in [1.29, 1.82) is 0 Å². The van der Waals surface area contributed by atoms with Gasteiger partial charge >= 0.3 is 5.69 Å². The van der Waals surface area contributed by atoms with Gasteiger partial charge in [-0.15, -0.1) is 0 Å². The van der Waals surface area contributed by atoms with Crippen molar-refractivity contribution in [3.8, 4) is 5.75 Å². The normalized spacial score (nSPS) is 10.2. The molecule has 0 aliphatic heterocycles. The highest BCUT2D eigenvalue weighted by Gasteiger charge is 2.15. The third-order valence-corrected chi connectivity index (χ3v) is 2.63. The molecule has 0 aliphatic carbocycles. The van der Waals surface area contributed by atoms with E-state index in [4.69, 9.17) is 9.84 Å². The second-order valence-electron chi connectivity index (χ2n) is 4.09. The molecule has 0 heterocycles. The van der Waals surface area contributed by atoms with Gasteiger partial charge in [-0.2, -0.15) is 0 Å². The smallest absolute Gasteiger partial charge is 0.310 e. The fourth-order valence-electron chi connectivity index (χ4n) is 1.62. The maximum Gasteiger partial charge on any atom is 0.310 e. The van der Waals surface area contributed by atoms with E-state index in [1.54, 1.807) is 0 Å². The van der Waals surface area contributed by atoms with Gasteiger partial charge in [-0.05, 0) is 31.4 Å². The second-order valence-corrected chi connectivity index (χ2v) is 4.09. The quantitative estimate of drug-likeness (QED) is 0.321. The van der Waals surface area contributed by atoms with Crippen LogP contribution in [0.1, 0.15) is 36.0 Å². The van der Waals surface area contributed by atoms with E-state index >= 15 is 0 Å². The maximum absolute atomic E-state index is 10.8. The van der Waals surface area contributed by atoms with Gasteiger partial charge in [0, 0.05) is 18.2 Å². The second kappa shape index (κ2) is 8.20. The summed E-state index contributed by atoms with van der Waals surface area (Å²) in [4.78, 5) is 20.9. The summed E-state index contributed by atoms with van der Waals surface area (Å²) in [7, 11) is 0. The number of carbonyl (C=O) groups excluding carboxylic acids is 1. The molecule has 0 spiro atoms. The number of aliphatic hydroxyl groups is 1. The Kier molecular flexibility index (Phi) is 6.52. The predicted molar refractivity (Wildman–Crippen MR) is 69.5 cm³/mol. The van der Waals surface area contributed by atoms with Crippen molar-refractivity contribution in [3.05, 3.63) is 33.9 Å². The van der Waals surface area contributed by atoms with E-state index in [1.807, 2.05) is 0 Å². The van der Waals surface area contributed by atoms with Crippen molar-refractivity contribution >= 4 is 12.0 Å². The summed E-state index contributed by atoms with van der Waals surface area (Å²) in [6, 6.07) is 4.03. The topological polar surface area (TPSA) is 89.7 Å². The molecule has 19 heavy (non-hydrogen) atoms. The molecule has 0 saturated heterocycles. The van der Waals surface area contributed by atoms with Gasteiger partial charge in [0.1, 0.15) is 6.29 Å². The summed E-state index contributed by atoms with van der Waals surface area (Å²) in [5, 5.41) is 19.4. The van der Waals surface area contributed by atoms with Gasteiger partial charge in [0.2, 0.25) is 0 Å². The van der Waals surface area contributed by atoms with Crippen LogP contribution in [0.2, 0.25) is 0 Å². The molecule has 0 bridgehead atoms. The minimum atomic E-state index is -0.532. The summed E-state index contributed by atoms with van der Waals surface area (Å²) in [6.45, 7) is 0.530. The summed E-state index contributed by atoms with van der Waals surface area (Å²) in [5.74, 6) is 0.122. The Bertz CT molecular complexity index is 433. The number of carbonyl (C=O) groups is 1. The molecule has 1 rings (SSSR count). The Hall–Kier alpha value is -1.95. The number of benzene rings is 1. The van der Waals surface area contributed by atoms with Crippen molar-refractivity contribution < 1.29 is 19.6 Å². The van der Waals surface area contributed by atoms with Crippen LogP contribution in [-0.4, -0.2) is 29.5 Å². The van der Waals surface area contributed by atoms with Crippen molar-refractivity contribution in [2.75, 3.05) is 13.2 Å². The number of hydrogen-bond donors (Lipinski definition) is 1. The monoisotopic (exact) mass is 267 g/mol. The fourth-order valence-corrected chi connectivity index (χ4v) is 1.62. The zero-order valence-electron chi connectivity index (χ0n) is 10.6. The number of nitro benzene ring substituents is 1. The number of nitro groups is 1. The number of hydrogen-bond acceptors (Lipinski definition) is 5. The summed E-state index contributed by atoms with van der Waals surface area (Å²) in [5.41, 5.74) is 0.210. The standard InChI is InChI=1S/C13H17NO5/c15-7-3-1-2-4-8-19-13-9-11(10-16)5-6-12(13)14(17)18/h5-6,9-10,15H,1-4,7-8H2. The molecule has 104 valence electrons. The Labute approximate surface area is 111 Å². The molecule has 0 unspecified atom stereocenters. The molecule has 6 heteroatoms. The van der Waals surface area contributed by atoms with E-state index in [0.29, 0.717) is 18.5 Å². The fraction of sp³-hybridized carbons (Fsp3) is 0.462. The Morgan fingerprint density at radius 1 is 1.26 bits per heavy atom. The Morgan fingerprint density at radius 3 is 2.63 bits per heavy atom. The molecule has 1 aromatic rings. The average Bonchev–Trinajstić information content (AvgIpc) is 2.42. The van der Waals surface area contributed by atoms with Crippen molar-refractivity contribution in [1.82, 2.24) is 0 Å². The highest BCUT2D eigenvalue weighted by atomic mass is 16.6. The van der Waals surface area contributed by atoms with Crippen LogP contribution in [0.3, 0.4) is 0 Å². The molecule has 0 saturated carbocycles. The first-order valence-corrected chi connectivity index (χ1v) is 6.16. The molecule has 1 aromatic carbocycles. The SMILES string of the molecule is O=Cc1ccc([N+](=O)[O-])c(OCCCCCCO)c1. The molecular formula is C13H17NO5. The van der Waals surface area contributed by atoms with E-state index in [9.17, 15) is 14.9 Å².